The molecule has 70 valence electrons. The maximum absolute atomic E-state index is 4.31. The molecule has 1 aliphatic rings. The number of hydrogen-bond donors (Lipinski definition) is 2. The Hall–Kier alpha value is -0.450. The van der Waals surface area contributed by atoms with Gasteiger partial charge in [-0.05, 0) is 19.1 Å². The van der Waals surface area contributed by atoms with Crippen molar-refractivity contribution in [2.75, 3.05) is 0 Å². The fourth-order valence-corrected chi connectivity index (χ4v) is 2.00. The normalized spacial score (nSPS) is 33.5. The first-order valence-electron chi connectivity index (χ1n) is 4.35. The Morgan fingerprint density at radius 2 is 2.23 bits per heavy atom. The van der Waals surface area contributed by atoms with Crippen molar-refractivity contribution in [2.24, 2.45) is 0 Å². The Kier molecular flexibility index (Phi) is 2.62. The van der Waals surface area contributed by atoms with Crippen molar-refractivity contribution in [2.45, 2.75) is 23.8 Å². The van der Waals surface area contributed by atoms with E-state index in [-0.39, 0.29) is 6.04 Å². The van der Waals surface area contributed by atoms with Gasteiger partial charge in [0.05, 0.1) is 16.6 Å². The number of alkyl halides is 1. The highest BCUT2D eigenvalue weighted by Gasteiger charge is 2.32. The lowest BCUT2D eigenvalue weighted by Gasteiger charge is -2.13. The second-order valence-corrected chi connectivity index (χ2v) is 4.31. The fraction of sp³-hybridized carbons (Fsp3) is 0.444. The van der Waals surface area contributed by atoms with Crippen LogP contribution in [0, 0.1) is 0 Å². The van der Waals surface area contributed by atoms with E-state index in [4.69, 9.17) is 0 Å². The molecule has 1 saturated heterocycles. The molecule has 1 aliphatic heterocycles. The summed E-state index contributed by atoms with van der Waals surface area (Å²) in [5, 5.41) is 0. The first kappa shape index (κ1) is 9.12. The number of nitrogens with zero attached hydrogens (tertiary/aromatic N) is 1. The van der Waals surface area contributed by atoms with Crippen molar-refractivity contribution >= 4 is 15.9 Å². The topological polar surface area (TPSA) is 37.0 Å². The van der Waals surface area contributed by atoms with Gasteiger partial charge < -0.3 is 0 Å². The molecular weight excluding hydrogens is 230 g/mol. The maximum Gasteiger partial charge on any atom is 0.0774 e. The van der Waals surface area contributed by atoms with Crippen molar-refractivity contribution in [1.82, 2.24) is 15.8 Å². The van der Waals surface area contributed by atoms with Gasteiger partial charge in [0.15, 0.2) is 0 Å². The lowest BCUT2D eigenvalue weighted by molar-refractivity contribution is 0.554. The third kappa shape index (κ3) is 1.75. The molecular formula is C9H12BrN3. The number of hydrazine groups is 1. The van der Waals surface area contributed by atoms with Crippen LogP contribution >= 0.6 is 15.9 Å². The van der Waals surface area contributed by atoms with Crippen molar-refractivity contribution in [3.05, 3.63) is 30.1 Å². The van der Waals surface area contributed by atoms with Crippen molar-refractivity contribution in [3.63, 3.8) is 0 Å². The molecule has 0 spiro atoms. The fourth-order valence-electron chi connectivity index (χ4n) is 1.47. The van der Waals surface area contributed by atoms with E-state index in [9.17, 15) is 0 Å². The van der Waals surface area contributed by atoms with Gasteiger partial charge in [-0.3, -0.25) is 10.4 Å². The van der Waals surface area contributed by atoms with Crippen LogP contribution in [0.1, 0.15) is 18.7 Å². The molecule has 13 heavy (non-hydrogen) atoms. The van der Waals surface area contributed by atoms with Gasteiger partial charge in [-0.15, -0.1) is 0 Å². The Bertz CT molecular complexity index is 277. The smallest absolute Gasteiger partial charge is 0.0774 e. The zero-order valence-electron chi connectivity index (χ0n) is 7.37. The summed E-state index contributed by atoms with van der Waals surface area (Å²) >= 11 is 3.64. The molecule has 3 atom stereocenters. The van der Waals surface area contributed by atoms with Crippen LogP contribution in [0.2, 0.25) is 0 Å². The highest BCUT2D eigenvalue weighted by Crippen LogP contribution is 2.26. The number of aromatic nitrogens is 1. The Morgan fingerprint density at radius 3 is 2.77 bits per heavy atom. The van der Waals surface area contributed by atoms with E-state index in [1.807, 2.05) is 24.4 Å². The van der Waals surface area contributed by atoms with E-state index in [0.717, 1.165) is 5.69 Å². The predicted octanol–water partition coefficient (Wildman–Crippen LogP) is 1.38. The molecule has 0 bridgehead atoms. The van der Waals surface area contributed by atoms with Crippen LogP contribution in [0.4, 0.5) is 0 Å². The van der Waals surface area contributed by atoms with Crippen LogP contribution in [0.15, 0.2) is 24.4 Å². The summed E-state index contributed by atoms with van der Waals surface area (Å²) in [7, 11) is 0. The molecule has 0 amide bonds. The van der Waals surface area contributed by atoms with Gasteiger partial charge in [-0.2, -0.15) is 0 Å². The summed E-state index contributed by atoms with van der Waals surface area (Å²) in [6, 6.07) is 6.65. The highest BCUT2D eigenvalue weighted by molar-refractivity contribution is 9.09. The van der Waals surface area contributed by atoms with Crippen molar-refractivity contribution in [1.29, 1.82) is 0 Å². The minimum absolute atomic E-state index is 0.260. The van der Waals surface area contributed by atoms with Crippen LogP contribution in [0.25, 0.3) is 0 Å². The molecule has 3 unspecified atom stereocenters. The minimum atomic E-state index is 0.260. The first-order chi connectivity index (χ1) is 6.29. The van der Waals surface area contributed by atoms with Gasteiger partial charge in [0.2, 0.25) is 0 Å². The van der Waals surface area contributed by atoms with E-state index < -0.39 is 0 Å². The predicted molar refractivity (Wildman–Crippen MR) is 55.4 cm³/mol. The zero-order valence-corrected chi connectivity index (χ0v) is 8.95. The van der Waals surface area contributed by atoms with E-state index in [1.54, 1.807) is 0 Å². The highest BCUT2D eigenvalue weighted by atomic mass is 79.9. The molecule has 2 heterocycles. The van der Waals surface area contributed by atoms with Crippen LogP contribution < -0.4 is 10.9 Å². The van der Waals surface area contributed by atoms with E-state index in [0.29, 0.717) is 10.9 Å². The van der Waals surface area contributed by atoms with Crippen LogP contribution in [-0.4, -0.2) is 15.9 Å². The SMILES string of the molecule is CC1NNC(c2ccccn2)C1Br. The quantitative estimate of drug-likeness (QED) is 0.730. The molecule has 1 fully saturated rings. The largest absolute Gasteiger partial charge is 0.260 e. The number of pyridine rings is 1. The van der Waals surface area contributed by atoms with Crippen molar-refractivity contribution < 1.29 is 0 Å². The van der Waals surface area contributed by atoms with Gasteiger partial charge in [0.25, 0.3) is 0 Å². The molecule has 1 aromatic rings. The zero-order chi connectivity index (χ0) is 9.26. The third-order valence-electron chi connectivity index (χ3n) is 2.27. The van der Waals surface area contributed by atoms with E-state index >= 15 is 0 Å². The van der Waals surface area contributed by atoms with Gasteiger partial charge >= 0.3 is 0 Å². The average molecular weight is 242 g/mol. The number of nitrogens with one attached hydrogen (secondary N) is 2. The Morgan fingerprint density at radius 1 is 1.38 bits per heavy atom. The van der Waals surface area contributed by atoms with Gasteiger partial charge in [-0.25, -0.2) is 5.43 Å². The maximum atomic E-state index is 4.31. The monoisotopic (exact) mass is 241 g/mol. The summed E-state index contributed by atoms with van der Waals surface area (Å²) in [6.07, 6.45) is 1.82. The average Bonchev–Trinajstić information content (AvgIpc) is 2.49. The Balaban J connectivity index is 2.19. The van der Waals surface area contributed by atoms with Gasteiger partial charge in [-0.1, -0.05) is 22.0 Å². The van der Waals surface area contributed by atoms with E-state index in [2.05, 4.69) is 38.7 Å². The second kappa shape index (κ2) is 3.74. The summed E-state index contributed by atoms with van der Waals surface area (Å²) < 4.78 is 0. The third-order valence-corrected chi connectivity index (χ3v) is 3.59. The molecule has 2 rings (SSSR count). The lowest BCUT2D eigenvalue weighted by atomic mass is 10.1. The Labute approximate surface area is 86.0 Å². The van der Waals surface area contributed by atoms with E-state index in [1.165, 1.54) is 0 Å². The molecule has 1 aromatic heterocycles. The summed E-state index contributed by atoms with van der Waals surface area (Å²) in [4.78, 5) is 4.70. The van der Waals surface area contributed by atoms with Crippen LogP contribution in [0.3, 0.4) is 0 Å². The number of hydrogen-bond acceptors (Lipinski definition) is 3. The number of rotatable bonds is 1. The minimum Gasteiger partial charge on any atom is -0.260 e. The lowest BCUT2D eigenvalue weighted by Crippen LogP contribution is -2.29. The summed E-state index contributed by atoms with van der Waals surface area (Å²) in [6.45, 7) is 2.13. The molecule has 2 N–H and O–H groups in total. The second-order valence-electron chi connectivity index (χ2n) is 3.25. The van der Waals surface area contributed by atoms with Crippen molar-refractivity contribution in [3.8, 4) is 0 Å². The van der Waals surface area contributed by atoms with Gasteiger partial charge in [0.1, 0.15) is 0 Å². The summed E-state index contributed by atoms with van der Waals surface area (Å²) in [5.41, 5.74) is 7.46. The van der Waals surface area contributed by atoms with Crippen LogP contribution in [0.5, 0.6) is 0 Å². The molecule has 3 nitrogen and oxygen atoms in total. The molecule has 0 aromatic carbocycles. The molecule has 0 radical (unpaired) electrons. The van der Waals surface area contributed by atoms with Crippen LogP contribution in [-0.2, 0) is 0 Å². The first-order valence-corrected chi connectivity index (χ1v) is 5.26. The standard InChI is InChI=1S/C9H12BrN3/c1-6-8(10)9(13-12-6)7-4-2-3-5-11-7/h2-6,8-9,12-13H,1H3. The molecule has 0 saturated carbocycles. The molecule has 4 heteroatoms. The molecule has 0 aliphatic carbocycles. The summed E-state index contributed by atoms with van der Waals surface area (Å²) in [5.74, 6) is 0. The van der Waals surface area contributed by atoms with Gasteiger partial charge in [0, 0.05) is 12.2 Å². The number of halogens is 1.